The molecule has 0 spiro atoms. The number of amides is 1. The number of nitrogens with two attached hydrogens (primary N) is 1. The van der Waals surface area contributed by atoms with Gasteiger partial charge in [0.25, 0.3) is 0 Å². The molecule has 0 saturated heterocycles. The number of alkyl halides is 3. The van der Waals surface area contributed by atoms with Crippen molar-refractivity contribution in [2.75, 3.05) is 5.32 Å². The second-order valence-electron chi connectivity index (χ2n) is 4.89. The summed E-state index contributed by atoms with van der Waals surface area (Å²) in [5.74, 6) is -0.640. The Balaban J connectivity index is 1.98. The Morgan fingerprint density at radius 3 is 2.25 bits per heavy atom. The highest BCUT2D eigenvalue weighted by molar-refractivity contribution is 5.98. The van der Waals surface area contributed by atoms with E-state index in [1.807, 2.05) is 0 Å². The number of hydrogen-bond donors (Lipinski definition) is 2. The number of carbonyl (C=O) groups excluding carboxylic acids is 1. The molecule has 3 N–H and O–H groups in total. The first-order chi connectivity index (χ1) is 9.28. The van der Waals surface area contributed by atoms with E-state index in [0.717, 1.165) is 25.0 Å². The number of nitrogens with one attached hydrogen (secondary N) is 1. The van der Waals surface area contributed by atoms with Gasteiger partial charge in [0.2, 0.25) is 5.91 Å². The molecule has 1 aromatic rings. The lowest BCUT2D eigenvalue weighted by molar-refractivity contribution is -0.274. The van der Waals surface area contributed by atoms with Crippen LogP contribution in [0.4, 0.5) is 18.9 Å². The van der Waals surface area contributed by atoms with Gasteiger partial charge in [-0.3, -0.25) is 4.79 Å². The molecule has 1 amide bonds. The minimum atomic E-state index is -4.73. The average molecular weight is 288 g/mol. The third-order valence-corrected chi connectivity index (χ3v) is 3.29. The summed E-state index contributed by atoms with van der Waals surface area (Å²) in [6.45, 7) is 0. The topological polar surface area (TPSA) is 64.4 Å². The quantitative estimate of drug-likeness (QED) is 0.899. The average Bonchev–Trinajstić information content (AvgIpc) is 2.78. The Labute approximate surface area is 114 Å². The molecule has 1 aliphatic carbocycles. The van der Waals surface area contributed by atoms with Crippen LogP contribution in [0.15, 0.2) is 24.3 Å². The van der Waals surface area contributed by atoms with E-state index < -0.39 is 11.9 Å². The number of ether oxygens (including phenoxy) is 1. The Kier molecular flexibility index (Phi) is 3.89. The van der Waals surface area contributed by atoms with Crippen LogP contribution < -0.4 is 15.8 Å². The first-order valence-corrected chi connectivity index (χ1v) is 6.25. The zero-order valence-electron chi connectivity index (χ0n) is 10.7. The predicted molar refractivity (Wildman–Crippen MR) is 67.1 cm³/mol. The second kappa shape index (κ2) is 5.32. The van der Waals surface area contributed by atoms with E-state index in [-0.39, 0.29) is 11.7 Å². The highest BCUT2D eigenvalue weighted by Crippen LogP contribution is 2.29. The molecule has 0 aliphatic heterocycles. The van der Waals surface area contributed by atoms with Gasteiger partial charge in [0.05, 0.1) is 5.54 Å². The van der Waals surface area contributed by atoms with Crippen LogP contribution in [0.5, 0.6) is 5.75 Å². The molecule has 0 unspecified atom stereocenters. The maximum absolute atomic E-state index is 12.0. The van der Waals surface area contributed by atoms with Crippen LogP contribution in [0.3, 0.4) is 0 Å². The summed E-state index contributed by atoms with van der Waals surface area (Å²) in [4.78, 5) is 12.0. The summed E-state index contributed by atoms with van der Waals surface area (Å²) in [6, 6.07) is 4.97. The van der Waals surface area contributed by atoms with Gasteiger partial charge in [0.15, 0.2) is 0 Å². The molecule has 1 saturated carbocycles. The summed E-state index contributed by atoms with van der Waals surface area (Å²) >= 11 is 0. The van der Waals surface area contributed by atoms with E-state index in [1.165, 1.54) is 12.1 Å². The molecule has 0 atom stereocenters. The summed E-state index contributed by atoms with van der Waals surface area (Å²) in [5, 5.41) is 2.61. The van der Waals surface area contributed by atoms with Gasteiger partial charge in [0.1, 0.15) is 5.75 Å². The molecule has 7 heteroatoms. The lowest BCUT2D eigenvalue weighted by Gasteiger charge is -2.22. The maximum Gasteiger partial charge on any atom is 0.573 e. The van der Waals surface area contributed by atoms with E-state index in [2.05, 4.69) is 10.1 Å². The van der Waals surface area contributed by atoms with Crippen LogP contribution in [-0.2, 0) is 4.79 Å². The molecule has 1 fully saturated rings. The van der Waals surface area contributed by atoms with Crippen molar-refractivity contribution in [2.45, 2.75) is 37.6 Å². The fourth-order valence-electron chi connectivity index (χ4n) is 2.23. The summed E-state index contributed by atoms with van der Waals surface area (Å²) in [5.41, 5.74) is 5.49. The standard InChI is InChI=1S/C13H15F3N2O2/c14-13(15,16)20-10-5-3-9(4-6-10)18-11(19)12(17)7-1-2-8-12/h3-6H,1-2,7-8,17H2,(H,18,19). The van der Waals surface area contributed by atoms with Crippen LogP contribution in [0, 0.1) is 0 Å². The molecule has 1 aromatic carbocycles. The minimum Gasteiger partial charge on any atom is -0.406 e. The third kappa shape index (κ3) is 3.63. The van der Waals surface area contributed by atoms with Gasteiger partial charge in [-0.2, -0.15) is 0 Å². The van der Waals surface area contributed by atoms with Crippen molar-refractivity contribution in [2.24, 2.45) is 5.73 Å². The van der Waals surface area contributed by atoms with Crippen molar-refractivity contribution in [3.8, 4) is 5.75 Å². The fourth-order valence-corrected chi connectivity index (χ4v) is 2.23. The van der Waals surface area contributed by atoms with Gasteiger partial charge in [-0.1, -0.05) is 12.8 Å². The maximum atomic E-state index is 12.0. The predicted octanol–water partition coefficient (Wildman–Crippen LogP) is 2.80. The van der Waals surface area contributed by atoms with Gasteiger partial charge in [-0.25, -0.2) is 0 Å². The molecule has 0 bridgehead atoms. The van der Waals surface area contributed by atoms with E-state index in [0.29, 0.717) is 18.5 Å². The smallest absolute Gasteiger partial charge is 0.406 e. The number of benzene rings is 1. The van der Waals surface area contributed by atoms with E-state index in [1.54, 1.807) is 0 Å². The fraction of sp³-hybridized carbons (Fsp3) is 0.462. The van der Waals surface area contributed by atoms with Crippen molar-refractivity contribution >= 4 is 11.6 Å². The van der Waals surface area contributed by atoms with Crippen LogP contribution >= 0.6 is 0 Å². The molecular weight excluding hydrogens is 273 g/mol. The molecular formula is C13H15F3N2O2. The van der Waals surface area contributed by atoms with Crippen molar-refractivity contribution in [3.63, 3.8) is 0 Å². The molecule has 1 aliphatic rings. The van der Waals surface area contributed by atoms with Crippen molar-refractivity contribution in [1.82, 2.24) is 0 Å². The first-order valence-electron chi connectivity index (χ1n) is 6.25. The van der Waals surface area contributed by atoms with Crippen LogP contribution in [0.25, 0.3) is 0 Å². The zero-order valence-corrected chi connectivity index (χ0v) is 10.7. The van der Waals surface area contributed by atoms with Gasteiger partial charge in [-0.05, 0) is 37.1 Å². The zero-order chi connectivity index (χ0) is 14.8. The van der Waals surface area contributed by atoms with E-state index in [9.17, 15) is 18.0 Å². The summed E-state index contributed by atoms with van der Waals surface area (Å²) in [7, 11) is 0. The normalized spacial score (nSPS) is 17.8. The Morgan fingerprint density at radius 1 is 1.20 bits per heavy atom. The summed E-state index contributed by atoms with van der Waals surface area (Å²) in [6.07, 6.45) is -1.68. The highest BCUT2D eigenvalue weighted by Gasteiger charge is 2.37. The van der Waals surface area contributed by atoms with Gasteiger partial charge in [-0.15, -0.1) is 13.2 Å². The van der Waals surface area contributed by atoms with E-state index in [4.69, 9.17) is 5.73 Å². The van der Waals surface area contributed by atoms with Crippen LogP contribution in [-0.4, -0.2) is 17.8 Å². The number of hydrogen-bond acceptors (Lipinski definition) is 3. The lowest BCUT2D eigenvalue weighted by atomic mass is 9.98. The minimum absolute atomic E-state index is 0.306. The van der Waals surface area contributed by atoms with Gasteiger partial charge in [0, 0.05) is 5.69 Å². The van der Waals surface area contributed by atoms with Crippen molar-refractivity contribution in [1.29, 1.82) is 0 Å². The third-order valence-electron chi connectivity index (χ3n) is 3.29. The number of halogens is 3. The number of rotatable bonds is 3. The van der Waals surface area contributed by atoms with Crippen molar-refractivity contribution < 1.29 is 22.7 Å². The Morgan fingerprint density at radius 2 is 1.75 bits per heavy atom. The molecule has 0 heterocycles. The Hall–Kier alpha value is -1.76. The van der Waals surface area contributed by atoms with Gasteiger partial charge < -0.3 is 15.8 Å². The van der Waals surface area contributed by atoms with Crippen LogP contribution in [0.2, 0.25) is 0 Å². The highest BCUT2D eigenvalue weighted by atomic mass is 19.4. The lowest BCUT2D eigenvalue weighted by Crippen LogP contribution is -2.48. The van der Waals surface area contributed by atoms with Crippen LogP contribution in [0.1, 0.15) is 25.7 Å². The molecule has 4 nitrogen and oxygen atoms in total. The molecule has 0 radical (unpaired) electrons. The largest absolute Gasteiger partial charge is 0.573 e. The Bertz CT molecular complexity index is 479. The summed E-state index contributed by atoms with van der Waals surface area (Å²) < 4.78 is 39.7. The number of anilines is 1. The molecule has 110 valence electrons. The molecule has 20 heavy (non-hydrogen) atoms. The first kappa shape index (κ1) is 14.6. The molecule has 2 rings (SSSR count). The van der Waals surface area contributed by atoms with E-state index >= 15 is 0 Å². The van der Waals surface area contributed by atoms with Gasteiger partial charge >= 0.3 is 6.36 Å². The number of carbonyl (C=O) groups is 1. The monoisotopic (exact) mass is 288 g/mol. The van der Waals surface area contributed by atoms with Crippen molar-refractivity contribution in [3.05, 3.63) is 24.3 Å². The SMILES string of the molecule is NC1(C(=O)Nc2ccc(OC(F)(F)F)cc2)CCCC1. The molecule has 0 aromatic heterocycles. The second-order valence-corrected chi connectivity index (χ2v) is 4.89.